The SMILES string of the molecule is CCNC(c1c(OC)cnn1CC)C1CSCCS1. The molecule has 0 aromatic carbocycles. The summed E-state index contributed by atoms with van der Waals surface area (Å²) in [7, 11) is 1.73. The molecule has 108 valence electrons. The van der Waals surface area contributed by atoms with E-state index in [9.17, 15) is 0 Å². The van der Waals surface area contributed by atoms with Crippen molar-refractivity contribution in [1.29, 1.82) is 0 Å². The molecule has 6 heteroatoms. The number of nitrogens with zero attached hydrogens (tertiary/aromatic N) is 2. The second-order valence-electron chi connectivity index (χ2n) is 4.43. The van der Waals surface area contributed by atoms with Gasteiger partial charge in [0.2, 0.25) is 0 Å². The fraction of sp³-hybridized carbons (Fsp3) is 0.769. The number of thioether (sulfide) groups is 2. The molecule has 1 aliphatic heterocycles. The highest BCUT2D eigenvalue weighted by Crippen LogP contribution is 2.36. The number of methoxy groups -OCH3 is 1. The lowest BCUT2D eigenvalue weighted by atomic mass is 10.1. The van der Waals surface area contributed by atoms with Gasteiger partial charge in [0.1, 0.15) is 0 Å². The predicted octanol–water partition coefficient (Wildman–Crippen LogP) is 2.41. The zero-order chi connectivity index (χ0) is 13.7. The van der Waals surface area contributed by atoms with E-state index in [0.717, 1.165) is 18.8 Å². The second kappa shape index (κ2) is 7.45. The molecule has 1 saturated heterocycles. The minimum Gasteiger partial charge on any atom is -0.493 e. The number of aryl methyl sites for hydroxylation is 1. The normalized spacial score (nSPS) is 21.3. The molecule has 0 aliphatic carbocycles. The minimum atomic E-state index is 0.320. The Balaban J connectivity index is 2.28. The van der Waals surface area contributed by atoms with E-state index in [0.29, 0.717) is 11.3 Å². The van der Waals surface area contributed by atoms with Crippen molar-refractivity contribution in [3.63, 3.8) is 0 Å². The van der Waals surface area contributed by atoms with E-state index >= 15 is 0 Å². The molecular weight excluding hydrogens is 278 g/mol. The number of hydrogen-bond acceptors (Lipinski definition) is 5. The Morgan fingerprint density at radius 1 is 1.53 bits per heavy atom. The molecule has 1 aromatic heterocycles. The molecule has 1 fully saturated rings. The lowest BCUT2D eigenvalue weighted by molar-refractivity contribution is 0.392. The summed E-state index contributed by atoms with van der Waals surface area (Å²) in [5, 5.41) is 8.66. The molecule has 1 aromatic rings. The first-order valence-corrected chi connectivity index (χ1v) is 9.04. The molecule has 1 aliphatic rings. The van der Waals surface area contributed by atoms with Crippen molar-refractivity contribution in [3.8, 4) is 5.75 Å². The van der Waals surface area contributed by atoms with Crippen molar-refractivity contribution in [2.24, 2.45) is 0 Å². The van der Waals surface area contributed by atoms with Crippen molar-refractivity contribution in [2.75, 3.05) is 30.9 Å². The molecule has 19 heavy (non-hydrogen) atoms. The highest BCUT2D eigenvalue weighted by Gasteiger charge is 2.30. The van der Waals surface area contributed by atoms with E-state index in [4.69, 9.17) is 4.74 Å². The molecular formula is C13H23N3OS2. The lowest BCUT2D eigenvalue weighted by Crippen LogP contribution is -2.35. The van der Waals surface area contributed by atoms with Crippen LogP contribution in [0, 0.1) is 0 Å². The van der Waals surface area contributed by atoms with Crippen LogP contribution < -0.4 is 10.1 Å². The van der Waals surface area contributed by atoms with Gasteiger partial charge in [0, 0.05) is 29.1 Å². The largest absolute Gasteiger partial charge is 0.493 e. The van der Waals surface area contributed by atoms with Crippen LogP contribution in [0.4, 0.5) is 0 Å². The highest BCUT2D eigenvalue weighted by molar-refractivity contribution is 8.06. The molecule has 0 bridgehead atoms. The van der Waals surface area contributed by atoms with Crippen LogP contribution in [-0.2, 0) is 6.54 Å². The summed E-state index contributed by atoms with van der Waals surface area (Å²) >= 11 is 4.12. The van der Waals surface area contributed by atoms with Crippen LogP contribution >= 0.6 is 23.5 Å². The van der Waals surface area contributed by atoms with Gasteiger partial charge in [0.15, 0.2) is 5.75 Å². The van der Waals surface area contributed by atoms with Crippen LogP contribution in [-0.4, -0.2) is 45.9 Å². The second-order valence-corrected chi connectivity index (χ2v) is 6.93. The summed E-state index contributed by atoms with van der Waals surface area (Å²) in [6.07, 6.45) is 1.84. The molecule has 2 heterocycles. The summed E-state index contributed by atoms with van der Waals surface area (Å²) in [4.78, 5) is 0. The van der Waals surface area contributed by atoms with E-state index in [-0.39, 0.29) is 0 Å². The number of hydrogen-bond donors (Lipinski definition) is 1. The van der Waals surface area contributed by atoms with Crippen LogP contribution in [0.2, 0.25) is 0 Å². The molecule has 1 N–H and O–H groups in total. The van der Waals surface area contributed by atoms with E-state index in [1.54, 1.807) is 7.11 Å². The summed E-state index contributed by atoms with van der Waals surface area (Å²) in [6, 6.07) is 0.320. The van der Waals surface area contributed by atoms with E-state index in [1.807, 2.05) is 6.20 Å². The molecule has 0 amide bonds. The predicted molar refractivity (Wildman–Crippen MR) is 84.4 cm³/mol. The van der Waals surface area contributed by atoms with Crippen molar-refractivity contribution in [2.45, 2.75) is 31.7 Å². The number of nitrogens with one attached hydrogen (secondary N) is 1. The first kappa shape index (κ1) is 15.1. The standard InChI is InChI=1S/C13H23N3OS2/c1-4-14-12(11-9-18-6-7-19-11)13-10(17-3)8-15-16(13)5-2/h8,11-12,14H,4-7,9H2,1-3H3. The molecule has 0 radical (unpaired) electrons. The number of rotatable bonds is 6. The number of aromatic nitrogens is 2. The third-order valence-corrected chi connectivity index (χ3v) is 6.16. The smallest absolute Gasteiger partial charge is 0.161 e. The average molecular weight is 301 g/mol. The first-order valence-electron chi connectivity index (χ1n) is 6.84. The maximum atomic E-state index is 5.51. The topological polar surface area (TPSA) is 39.1 Å². The van der Waals surface area contributed by atoms with Crippen LogP contribution in [0.15, 0.2) is 6.20 Å². The molecule has 0 spiro atoms. The summed E-state index contributed by atoms with van der Waals surface area (Å²) in [6.45, 7) is 6.13. The van der Waals surface area contributed by atoms with Crippen LogP contribution in [0.5, 0.6) is 5.75 Å². The fourth-order valence-electron chi connectivity index (χ4n) is 2.42. The molecule has 2 rings (SSSR count). The van der Waals surface area contributed by atoms with E-state index in [1.165, 1.54) is 23.0 Å². The van der Waals surface area contributed by atoms with Crippen molar-refractivity contribution >= 4 is 23.5 Å². The first-order chi connectivity index (χ1) is 9.31. The van der Waals surface area contributed by atoms with Gasteiger partial charge in [-0.3, -0.25) is 4.68 Å². The van der Waals surface area contributed by atoms with Gasteiger partial charge in [0.25, 0.3) is 0 Å². The van der Waals surface area contributed by atoms with Gasteiger partial charge in [0.05, 0.1) is 25.0 Å². The van der Waals surface area contributed by atoms with Gasteiger partial charge in [-0.25, -0.2) is 0 Å². The van der Waals surface area contributed by atoms with E-state index in [2.05, 4.69) is 52.5 Å². The van der Waals surface area contributed by atoms with Gasteiger partial charge >= 0.3 is 0 Å². The Kier molecular flexibility index (Phi) is 5.91. The van der Waals surface area contributed by atoms with Crippen molar-refractivity contribution in [3.05, 3.63) is 11.9 Å². The fourth-order valence-corrected chi connectivity index (χ4v) is 5.26. The maximum Gasteiger partial charge on any atom is 0.161 e. The van der Waals surface area contributed by atoms with E-state index < -0.39 is 0 Å². The highest BCUT2D eigenvalue weighted by atomic mass is 32.2. The molecule has 0 saturated carbocycles. The summed E-state index contributed by atoms with van der Waals surface area (Å²) < 4.78 is 7.57. The quantitative estimate of drug-likeness (QED) is 0.873. The molecule has 2 unspecified atom stereocenters. The van der Waals surface area contributed by atoms with Crippen molar-refractivity contribution < 1.29 is 4.74 Å². The third kappa shape index (κ3) is 3.41. The van der Waals surface area contributed by atoms with Crippen LogP contribution in [0.25, 0.3) is 0 Å². The zero-order valence-electron chi connectivity index (χ0n) is 11.9. The third-order valence-electron chi connectivity index (χ3n) is 3.30. The summed E-state index contributed by atoms with van der Waals surface area (Å²) in [5.41, 5.74) is 1.20. The van der Waals surface area contributed by atoms with Crippen LogP contribution in [0.1, 0.15) is 25.6 Å². The van der Waals surface area contributed by atoms with Crippen LogP contribution in [0.3, 0.4) is 0 Å². The Morgan fingerprint density at radius 2 is 2.37 bits per heavy atom. The van der Waals surface area contributed by atoms with Gasteiger partial charge in [-0.2, -0.15) is 28.6 Å². The average Bonchev–Trinajstić information content (AvgIpc) is 2.88. The van der Waals surface area contributed by atoms with Gasteiger partial charge in [-0.05, 0) is 13.5 Å². The zero-order valence-corrected chi connectivity index (χ0v) is 13.5. The minimum absolute atomic E-state index is 0.320. The maximum absolute atomic E-state index is 5.51. The Labute approximate surface area is 124 Å². The number of ether oxygens (including phenoxy) is 1. The Hall–Kier alpha value is -0.330. The Bertz CT molecular complexity index is 370. The lowest BCUT2D eigenvalue weighted by Gasteiger charge is -2.30. The van der Waals surface area contributed by atoms with Crippen molar-refractivity contribution in [1.82, 2.24) is 15.1 Å². The van der Waals surface area contributed by atoms with Gasteiger partial charge in [-0.1, -0.05) is 6.92 Å². The van der Waals surface area contributed by atoms with Gasteiger partial charge in [-0.15, -0.1) is 0 Å². The molecule has 2 atom stereocenters. The Morgan fingerprint density at radius 3 is 2.95 bits per heavy atom. The molecule has 4 nitrogen and oxygen atoms in total. The monoisotopic (exact) mass is 301 g/mol. The van der Waals surface area contributed by atoms with Gasteiger partial charge < -0.3 is 10.1 Å². The summed E-state index contributed by atoms with van der Waals surface area (Å²) in [5.74, 6) is 4.61.